The first kappa shape index (κ1) is 37.0. The highest BCUT2D eigenvalue weighted by molar-refractivity contribution is 5.91. The molecule has 0 radical (unpaired) electrons. The van der Waals surface area contributed by atoms with E-state index >= 15 is 8.78 Å². The Balaban J connectivity index is 2.00. The van der Waals surface area contributed by atoms with Gasteiger partial charge in [0.15, 0.2) is 0 Å². The van der Waals surface area contributed by atoms with E-state index < -0.39 is 59.4 Å². The number of aliphatic hydroxyl groups is 2. The predicted octanol–water partition coefficient (Wildman–Crippen LogP) is 4.93. The van der Waals surface area contributed by atoms with Gasteiger partial charge in [0.2, 0.25) is 5.72 Å². The first-order valence-electron chi connectivity index (χ1n) is 14.9. The van der Waals surface area contributed by atoms with Crippen molar-refractivity contribution in [3.8, 4) is 5.75 Å². The van der Waals surface area contributed by atoms with E-state index in [0.717, 1.165) is 13.0 Å². The van der Waals surface area contributed by atoms with Crippen LogP contribution in [0.5, 0.6) is 5.75 Å². The highest BCUT2D eigenvalue weighted by Crippen LogP contribution is 2.39. The van der Waals surface area contributed by atoms with E-state index in [9.17, 15) is 24.6 Å². The number of pyridine rings is 1. The maximum Gasteiger partial charge on any atom is 0.407 e. The van der Waals surface area contributed by atoms with E-state index in [0.29, 0.717) is 5.69 Å². The van der Waals surface area contributed by atoms with Crippen LogP contribution >= 0.6 is 0 Å². The number of alkyl halides is 2. The molecule has 3 rings (SSSR count). The summed E-state index contributed by atoms with van der Waals surface area (Å²) in [6, 6.07) is 14.0. The fourth-order valence-corrected chi connectivity index (χ4v) is 4.39. The number of esters is 2. The number of carbonyl (C=O) groups is 3. The summed E-state index contributed by atoms with van der Waals surface area (Å²) in [7, 11) is 0. The quantitative estimate of drug-likeness (QED) is 0.113. The molecule has 0 fully saturated rings. The molecule has 1 heterocycles. The van der Waals surface area contributed by atoms with Gasteiger partial charge in [-0.15, -0.1) is 0 Å². The van der Waals surface area contributed by atoms with Gasteiger partial charge < -0.3 is 29.7 Å². The van der Waals surface area contributed by atoms with E-state index in [-0.39, 0.29) is 23.5 Å². The first-order valence-corrected chi connectivity index (χ1v) is 14.9. The van der Waals surface area contributed by atoms with Crippen LogP contribution in [0.2, 0.25) is 0 Å². The lowest BCUT2D eigenvalue weighted by Crippen LogP contribution is -2.63. The van der Waals surface area contributed by atoms with Crippen LogP contribution in [0.25, 0.3) is 0 Å². The third-order valence-electron chi connectivity index (χ3n) is 7.00. The topological polar surface area (TPSA) is 156 Å². The molecule has 0 aliphatic heterocycles. The van der Waals surface area contributed by atoms with E-state index in [2.05, 4.69) is 15.6 Å². The smallest absolute Gasteiger partial charge is 0.407 e. The molecule has 0 bridgehead atoms. The number of aliphatic hydroxyl groups excluding tert-OH is 1. The summed E-state index contributed by atoms with van der Waals surface area (Å²) in [5, 5.41) is 27.1. The second kappa shape index (κ2) is 15.4. The Hall–Kier alpha value is -4.46. The molecule has 3 unspecified atom stereocenters. The van der Waals surface area contributed by atoms with Gasteiger partial charge in [0.1, 0.15) is 30.1 Å². The zero-order valence-corrected chi connectivity index (χ0v) is 27.1. The van der Waals surface area contributed by atoms with Crippen molar-refractivity contribution < 1.29 is 47.6 Å². The minimum atomic E-state index is -4.19. The minimum absolute atomic E-state index is 0.126. The molecule has 47 heavy (non-hydrogen) atoms. The largest absolute Gasteiger partial charge is 0.456 e. The number of benzene rings is 2. The summed E-state index contributed by atoms with van der Waals surface area (Å²) >= 11 is 0. The Morgan fingerprint density at radius 3 is 2.19 bits per heavy atom. The van der Waals surface area contributed by atoms with E-state index in [1.807, 2.05) is 0 Å². The van der Waals surface area contributed by atoms with Crippen LogP contribution in [0.4, 0.5) is 13.6 Å². The van der Waals surface area contributed by atoms with Crippen LogP contribution in [0, 0.1) is 5.92 Å². The molecular formula is C34H41F2N3O8. The van der Waals surface area contributed by atoms with Gasteiger partial charge in [0.25, 0.3) is 5.92 Å². The maximum absolute atomic E-state index is 16.5. The number of nitrogens with zero attached hydrogens (tertiary/aromatic N) is 1. The average Bonchev–Trinajstić information content (AvgIpc) is 3.01. The van der Waals surface area contributed by atoms with Gasteiger partial charge >= 0.3 is 18.0 Å². The van der Waals surface area contributed by atoms with E-state index in [1.165, 1.54) is 50.4 Å². The Labute approximate surface area is 272 Å². The van der Waals surface area contributed by atoms with Crippen molar-refractivity contribution in [2.24, 2.45) is 5.92 Å². The third kappa shape index (κ3) is 10.0. The Morgan fingerprint density at radius 1 is 0.936 bits per heavy atom. The molecule has 254 valence electrons. The van der Waals surface area contributed by atoms with Gasteiger partial charge in [-0.05, 0) is 69.7 Å². The number of alkyl carbamates (subject to hydrolysis) is 1. The van der Waals surface area contributed by atoms with Crippen molar-refractivity contribution in [2.75, 3.05) is 0 Å². The lowest BCUT2D eigenvalue weighted by atomic mass is 9.89. The molecule has 1 amide bonds. The third-order valence-corrected chi connectivity index (χ3v) is 7.00. The molecule has 0 aliphatic carbocycles. The SMILES string of the molecule is CC(NC(=O)OC(C)(C)C)C(O)C(F)(F)C(N[C@@](O)(C(=O)OCc1ccccn1)C(C)C)c1cccc(OC(=O)c2ccccc2)c1. The van der Waals surface area contributed by atoms with Crippen LogP contribution in [0.15, 0.2) is 79.0 Å². The number of aromatic nitrogens is 1. The zero-order chi connectivity index (χ0) is 35.0. The number of carbonyl (C=O) groups excluding carboxylic acids is 3. The summed E-state index contributed by atoms with van der Waals surface area (Å²) in [5.41, 5.74) is -3.38. The lowest BCUT2D eigenvalue weighted by molar-refractivity contribution is -0.192. The van der Waals surface area contributed by atoms with Gasteiger partial charge in [-0.2, -0.15) is 0 Å². The van der Waals surface area contributed by atoms with Crippen LogP contribution in [-0.4, -0.2) is 62.6 Å². The van der Waals surface area contributed by atoms with Crippen LogP contribution in [-0.2, 0) is 20.9 Å². The molecule has 4 N–H and O–H groups in total. The molecule has 0 saturated carbocycles. The van der Waals surface area contributed by atoms with Crippen molar-refractivity contribution >= 4 is 18.0 Å². The average molecular weight is 658 g/mol. The molecule has 0 spiro atoms. The van der Waals surface area contributed by atoms with Gasteiger partial charge in [-0.3, -0.25) is 10.3 Å². The molecule has 0 saturated heterocycles. The summed E-state index contributed by atoms with van der Waals surface area (Å²) in [5.74, 6) is -7.39. The fourth-order valence-electron chi connectivity index (χ4n) is 4.39. The molecule has 1 aromatic heterocycles. The van der Waals surface area contributed by atoms with E-state index in [1.54, 1.807) is 57.2 Å². The van der Waals surface area contributed by atoms with Gasteiger partial charge in [0, 0.05) is 12.1 Å². The molecular weight excluding hydrogens is 616 g/mol. The minimum Gasteiger partial charge on any atom is -0.456 e. The van der Waals surface area contributed by atoms with Crippen molar-refractivity contribution in [2.45, 2.75) is 83.6 Å². The van der Waals surface area contributed by atoms with Crippen molar-refractivity contribution in [1.82, 2.24) is 15.6 Å². The highest BCUT2D eigenvalue weighted by Gasteiger charge is 2.55. The number of hydrogen-bond donors (Lipinski definition) is 4. The monoisotopic (exact) mass is 657 g/mol. The maximum atomic E-state index is 16.5. The van der Waals surface area contributed by atoms with Crippen molar-refractivity contribution in [3.63, 3.8) is 0 Å². The number of ether oxygens (including phenoxy) is 3. The number of amides is 1. The Morgan fingerprint density at radius 2 is 1.60 bits per heavy atom. The molecule has 4 atom stereocenters. The highest BCUT2D eigenvalue weighted by atomic mass is 19.3. The zero-order valence-electron chi connectivity index (χ0n) is 27.1. The van der Waals surface area contributed by atoms with E-state index in [4.69, 9.17) is 14.2 Å². The second-order valence-corrected chi connectivity index (χ2v) is 12.3. The van der Waals surface area contributed by atoms with Crippen LogP contribution in [0.1, 0.15) is 69.2 Å². The van der Waals surface area contributed by atoms with Gasteiger partial charge in [-0.1, -0.05) is 50.2 Å². The Kier molecular flexibility index (Phi) is 12.1. The number of rotatable bonds is 13. The summed E-state index contributed by atoms with van der Waals surface area (Å²) in [6.07, 6.45) is -2.15. The van der Waals surface area contributed by atoms with Crippen LogP contribution in [0.3, 0.4) is 0 Å². The molecule has 11 nitrogen and oxygen atoms in total. The summed E-state index contributed by atoms with van der Waals surface area (Å²) < 4.78 is 48.8. The Bertz CT molecular complexity index is 1500. The summed E-state index contributed by atoms with van der Waals surface area (Å²) in [6.45, 7) is 8.35. The van der Waals surface area contributed by atoms with Crippen LogP contribution < -0.4 is 15.4 Å². The number of hydrogen-bond acceptors (Lipinski definition) is 10. The predicted molar refractivity (Wildman–Crippen MR) is 167 cm³/mol. The molecule has 0 aliphatic rings. The van der Waals surface area contributed by atoms with Gasteiger partial charge in [-0.25, -0.2) is 23.2 Å². The second-order valence-electron chi connectivity index (χ2n) is 12.3. The van der Waals surface area contributed by atoms with Crippen molar-refractivity contribution in [1.29, 1.82) is 0 Å². The van der Waals surface area contributed by atoms with Crippen molar-refractivity contribution in [3.05, 3.63) is 95.8 Å². The molecule has 2 aromatic carbocycles. The normalized spacial score (nSPS) is 15.1. The summed E-state index contributed by atoms with van der Waals surface area (Å²) in [4.78, 5) is 42.4. The lowest BCUT2D eigenvalue weighted by Gasteiger charge is -2.40. The first-order chi connectivity index (χ1) is 21.9. The molecule has 13 heteroatoms. The van der Waals surface area contributed by atoms with Gasteiger partial charge in [0.05, 0.1) is 17.3 Å². The standard InChI is InChI=1S/C34H41F2N3O8/c1-21(2)34(44,30(42)45-20-25-16-10-11-18-37-25)39-27(33(35,36)28(40)22(3)38-31(43)47-32(4,5)6)24-15-12-17-26(19-24)46-29(41)23-13-8-7-9-14-23/h7-19,21-22,27-28,39-40,44H,20H2,1-6H3,(H,38,43)/t22?,27?,28?,34-/m0/s1. The number of nitrogens with one attached hydrogen (secondary N) is 2. The number of halogens is 2. The fraction of sp³-hybridized carbons (Fsp3) is 0.412. The molecule has 3 aromatic rings.